The van der Waals surface area contributed by atoms with Gasteiger partial charge in [0.05, 0.1) is 24.4 Å². The van der Waals surface area contributed by atoms with Crippen molar-refractivity contribution in [2.24, 2.45) is 5.73 Å². The van der Waals surface area contributed by atoms with Gasteiger partial charge in [0, 0.05) is 13.7 Å². The summed E-state index contributed by atoms with van der Waals surface area (Å²) < 4.78 is 16.8. The van der Waals surface area contributed by atoms with Crippen LogP contribution in [-0.4, -0.2) is 44.7 Å². The van der Waals surface area contributed by atoms with Crippen LogP contribution >= 0.6 is 0 Å². The number of rotatable bonds is 11. The Hall–Kier alpha value is -0.160. The van der Waals surface area contributed by atoms with Gasteiger partial charge in [0.2, 0.25) is 0 Å². The van der Waals surface area contributed by atoms with E-state index in [1.807, 2.05) is 0 Å². The Labute approximate surface area is 112 Å². The normalized spacial score (nSPS) is 15.7. The standard InChI is InChI=1S/C14H31NO3/c1-6-14(4,8-10-16-5)18-12-11-17-13(2,3)7-9-15/h6-12,15H2,1-5H3. The van der Waals surface area contributed by atoms with E-state index in [2.05, 4.69) is 27.7 Å². The SMILES string of the molecule is CCC(C)(CCOC)OCCOC(C)(C)CCN. The summed E-state index contributed by atoms with van der Waals surface area (Å²) >= 11 is 0. The molecular formula is C14H31NO3. The number of hydrogen-bond acceptors (Lipinski definition) is 4. The Morgan fingerprint density at radius 1 is 0.944 bits per heavy atom. The predicted octanol–water partition coefficient (Wildman–Crippen LogP) is 2.35. The van der Waals surface area contributed by atoms with E-state index in [1.165, 1.54) is 0 Å². The minimum Gasteiger partial charge on any atom is -0.385 e. The van der Waals surface area contributed by atoms with Gasteiger partial charge >= 0.3 is 0 Å². The molecule has 0 fully saturated rings. The fraction of sp³-hybridized carbons (Fsp3) is 1.00. The van der Waals surface area contributed by atoms with Gasteiger partial charge in [0.1, 0.15) is 0 Å². The molecule has 4 heteroatoms. The molecule has 0 amide bonds. The minimum absolute atomic E-state index is 0.114. The molecule has 1 atom stereocenters. The monoisotopic (exact) mass is 261 g/mol. The van der Waals surface area contributed by atoms with E-state index < -0.39 is 0 Å². The zero-order chi connectivity index (χ0) is 14.1. The lowest BCUT2D eigenvalue weighted by molar-refractivity contribution is -0.100. The Bertz CT molecular complexity index is 209. The Kier molecular flexibility index (Phi) is 8.78. The molecular weight excluding hydrogens is 230 g/mol. The van der Waals surface area contributed by atoms with Crippen LogP contribution in [0.15, 0.2) is 0 Å². The molecule has 0 aliphatic rings. The lowest BCUT2D eigenvalue weighted by Crippen LogP contribution is -2.33. The first-order valence-corrected chi connectivity index (χ1v) is 6.86. The number of nitrogens with two attached hydrogens (primary N) is 1. The van der Waals surface area contributed by atoms with Gasteiger partial charge in [-0.3, -0.25) is 0 Å². The number of methoxy groups -OCH3 is 1. The smallest absolute Gasteiger partial charge is 0.0708 e. The third kappa shape index (κ3) is 8.03. The second-order valence-electron chi connectivity index (χ2n) is 5.54. The fourth-order valence-corrected chi connectivity index (χ4v) is 1.69. The molecule has 0 radical (unpaired) electrons. The van der Waals surface area contributed by atoms with Gasteiger partial charge < -0.3 is 19.9 Å². The summed E-state index contributed by atoms with van der Waals surface area (Å²) in [6.07, 6.45) is 2.75. The van der Waals surface area contributed by atoms with Crippen LogP contribution < -0.4 is 5.73 Å². The molecule has 18 heavy (non-hydrogen) atoms. The van der Waals surface area contributed by atoms with Crippen molar-refractivity contribution >= 4 is 0 Å². The van der Waals surface area contributed by atoms with E-state index in [-0.39, 0.29) is 11.2 Å². The van der Waals surface area contributed by atoms with E-state index in [9.17, 15) is 0 Å². The summed E-state index contributed by atoms with van der Waals surface area (Å²) in [5, 5.41) is 0. The molecule has 0 aromatic rings. The molecule has 0 aliphatic heterocycles. The van der Waals surface area contributed by atoms with E-state index in [4.69, 9.17) is 19.9 Å². The maximum absolute atomic E-state index is 5.92. The zero-order valence-electron chi connectivity index (χ0n) is 12.8. The van der Waals surface area contributed by atoms with E-state index in [1.54, 1.807) is 7.11 Å². The maximum atomic E-state index is 5.92. The highest BCUT2D eigenvalue weighted by Gasteiger charge is 2.23. The van der Waals surface area contributed by atoms with E-state index in [0.29, 0.717) is 19.8 Å². The van der Waals surface area contributed by atoms with Gasteiger partial charge in [0.15, 0.2) is 0 Å². The largest absolute Gasteiger partial charge is 0.385 e. The van der Waals surface area contributed by atoms with Crippen molar-refractivity contribution in [3.05, 3.63) is 0 Å². The second-order valence-corrected chi connectivity index (χ2v) is 5.54. The van der Waals surface area contributed by atoms with E-state index in [0.717, 1.165) is 25.9 Å². The molecule has 1 unspecified atom stereocenters. The van der Waals surface area contributed by atoms with Crippen LogP contribution in [0.2, 0.25) is 0 Å². The Morgan fingerprint density at radius 2 is 1.56 bits per heavy atom. The zero-order valence-corrected chi connectivity index (χ0v) is 12.8. The van der Waals surface area contributed by atoms with E-state index >= 15 is 0 Å². The van der Waals surface area contributed by atoms with Crippen molar-refractivity contribution in [2.75, 3.05) is 33.5 Å². The minimum atomic E-state index is -0.159. The highest BCUT2D eigenvalue weighted by Crippen LogP contribution is 2.20. The van der Waals surface area contributed by atoms with Gasteiger partial charge in [-0.25, -0.2) is 0 Å². The molecule has 0 spiro atoms. The van der Waals surface area contributed by atoms with Gasteiger partial charge in [0.25, 0.3) is 0 Å². The maximum Gasteiger partial charge on any atom is 0.0708 e. The lowest BCUT2D eigenvalue weighted by atomic mass is 9.99. The molecule has 0 saturated heterocycles. The molecule has 0 aromatic heterocycles. The van der Waals surface area contributed by atoms with Gasteiger partial charge in [-0.05, 0) is 46.6 Å². The van der Waals surface area contributed by atoms with Crippen molar-refractivity contribution in [1.82, 2.24) is 0 Å². The summed E-state index contributed by atoms with van der Waals surface area (Å²) in [5.74, 6) is 0. The first kappa shape index (κ1) is 17.8. The molecule has 0 aliphatic carbocycles. The predicted molar refractivity (Wildman–Crippen MR) is 74.8 cm³/mol. The summed E-state index contributed by atoms with van der Waals surface area (Å²) in [4.78, 5) is 0. The van der Waals surface area contributed by atoms with Crippen molar-refractivity contribution in [2.45, 2.75) is 58.2 Å². The van der Waals surface area contributed by atoms with Crippen molar-refractivity contribution in [1.29, 1.82) is 0 Å². The highest BCUT2D eigenvalue weighted by atomic mass is 16.5. The molecule has 4 nitrogen and oxygen atoms in total. The molecule has 0 heterocycles. The third-order valence-corrected chi connectivity index (χ3v) is 3.36. The molecule has 0 rings (SSSR count). The summed E-state index contributed by atoms with van der Waals surface area (Å²) in [7, 11) is 1.72. The average molecular weight is 261 g/mol. The molecule has 0 saturated carbocycles. The summed E-state index contributed by atoms with van der Waals surface area (Å²) in [5.41, 5.74) is 5.27. The second kappa shape index (κ2) is 8.86. The van der Waals surface area contributed by atoms with Crippen LogP contribution in [0.4, 0.5) is 0 Å². The molecule has 2 N–H and O–H groups in total. The quantitative estimate of drug-likeness (QED) is 0.580. The van der Waals surface area contributed by atoms with Crippen LogP contribution in [0.3, 0.4) is 0 Å². The third-order valence-electron chi connectivity index (χ3n) is 3.36. The van der Waals surface area contributed by atoms with Crippen molar-refractivity contribution in [3.8, 4) is 0 Å². The van der Waals surface area contributed by atoms with Crippen molar-refractivity contribution in [3.63, 3.8) is 0 Å². The van der Waals surface area contributed by atoms with Crippen LogP contribution in [0.5, 0.6) is 0 Å². The fourth-order valence-electron chi connectivity index (χ4n) is 1.69. The van der Waals surface area contributed by atoms with Crippen LogP contribution in [0.25, 0.3) is 0 Å². The summed E-state index contributed by atoms with van der Waals surface area (Å²) in [6, 6.07) is 0. The molecule has 0 aromatic carbocycles. The van der Waals surface area contributed by atoms with Gasteiger partial charge in [-0.15, -0.1) is 0 Å². The van der Waals surface area contributed by atoms with Gasteiger partial charge in [-0.2, -0.15) is 0 Å². The van der Waals surface area contributed by atoms with Crippen molar-refractivity contribution < 1.29 is 14.2 Å². The number of ether oxygens (including phenoxy) is 3. The summed E-state index contributed by atoms with van der Waals surface area (Å²) in [6.45, 7) is 11.0. The van der Waals surface area contributed by atoms with Crippen LogP contribution in [0, 0.1) is 0 Å². The molecule has 0 bridgehead atoms. The van der Waals surface area contributed by atoms with Gasteiger partial charge in [-0.1, -0.05) is 6.92 Å². The highest BCUT2D eigenvalue weighted by molar-refractivity contribution is 4.73. The van der Waals surface area contributed by atoms with Crippen LogP contribution in [0.1, 0.15) is 47.0 Å². The first-order chi connectivity index (χ1) is 8.39. The number of hydrogen-bond donors (Lipinski definition) is 1. The Morgan fingerprint density at radius 3 is 2.06 bits per heavy atom. The first-order valence-electron chi connectivity index (χ1n) is 6.86. The topological polar surface area (TPSA) is 53.7 Å². The molecule has 110 valence electrons. The van der Waals surface area contributed by atoms with Crippen LogP contribution in [-0.2, 0) is 14.2 Å². The average Bonchev–Trinajstić information content (AvgIpc) is 2.32. The lowest BCUT2D eigenvalue weighted by Gasteiger charge is -2.30. The Balaban J connectivity index is 3.86.